The van der Waals surface area contributed by atoms with E-state index in [1.54, 1.807) is 55.1 Å². The molecule has 0 radical (unpaired) electrons. The lowest BCUT2D eigenvalue weighted by Gasteiger charge is -2.39. The zero-order chi connectivity index (χ0) is 24.8. The predicted octanol–water partition coefficient (Wildman–Crippen LogP) is 2.93. The maximum absolute atomic E-state index is 13.8. The van der Waals surface area contributed by atoms with Gasteiger partial charge in [-0.2, -0.15) is 0 Å². The van der Waals surface area contributed by atoms with Crippen LogP contribution in [0.3, 0.4) is 0 Å². The van der Waals surface area contributed by atoms with Crippen LogP contribution in [0.2, 0.25) is 0 Å². The molecule has 1 saturated carbocycles. The highest BCUT2D eigenvalue weighted by molar-refractivity contribution is 8.10. The van der Waals surface area contributed by atoms with E-state index in [0.29, 0.717) is 42.8 Å². The molecule has 10 heteroatoms. The lowest BCUT2D eigenvalue weighted by Crippen LogP contribution is -2.51. The van der Waals surface area contributed by atoms with Gasteiger partial charge in [0.2, 0.25) is 26.3 Å². The Hall–Kier alpha value is -3.66. The quantitative estimate of drug-likeness (QED) is 0.486. The van der Waals surface area contributed by atoms with Gasteiger partial charge in [0.25, 0.3) is 5.91 Å². The largest absolute Gasteiger partial charge is 0.340 e. The van der Waals surface area contributed by atoms with Crippen molar-refractivity contribution in [2.75, 3.05) is 17.0 Å². The molecule has 2 aromatic carbocycles. The molecular formula is C25H26N5O4S+. The molecule has 1 saturated heterocycles. The second-order valence-corrected chi connectivity index (χ2v) is 11.1. The second kappa shape index (κ2) is 8.53. The number of anilines is 2. The molecular weight excluding hydrogens is 466 g/mol. The van der Waals surface area contributed by atoms with Crippen LogP contribution < -0.4 is 9.91 Å². The first-order chi connectivity index (χ1) is 16.8. The lowest BCUT2D eigenvalue weighted by molar-refractivity contribution is -0.495. The first kappa shape index (κ1) is 23.1. The van der Waals surface area contributed by atoms with Gasteiger partial charge in [0, 0.05) is 12.6 Å². The number of carbonyl (C=O) groups excluding carboxylic acids is 2. The maximum Gasteiger partial charge on any atom is 0.340 e. The van der Waals surface area contributed by atoms with Crippen LogP contribution in [-0.4, -0.2) is 53.3 Å². The van der Waals surface area contributed by atoms with E-state index in [1.165, 1.54) is 9.91 Å². The smallest absolute Gasteiger partial charge is 0.286 e. The number of rotatable bonds is 3. The number of hydrogen-bond donors (Lipinski definition) is 0. The van der Waals surface area contributed by atoms with Crippen molar-refractivity contribution >= 4 is 49.5 Å². The van der Waals surface area contributed by atoms with Crippen LogP contribution in [0, 0.1) is 0 Å². The minimum atomic E-state index is -4.13. The number of hydrogen-bond acceptors (Lipinski definition) is 6. The number of hydrazone groups is 1. The highest BCUT2D eigenvalue weighted by Crippen LogP contribution is 2.46. The SMILES string of the molecule is CC1=[N+](C)N(c2ccccc2)C(=O)C1=N/N=C1\C(=O)N(c2ccccc2)C2(CCCCC2)S1(=O)=O. The van der Waals surface area contributed by atoms with Gasteiger partial charge in [-0.05, 0) is 37.1 Å². The molecule has 0 atom stereocenters. The van der Waals surface area contributed by atoms with Gasteiger partial charge in [-0.25, -0.2) is 8.42 Å². The zero-order valence-electron chi connectivity index (χ0n) is 19.6. The van der Waals surface area contributed by atoms with Gasteiger partial charge < -0.3 is 0 Å². The van der Waals surface area contributed by atoms with Crippen LogP contribution >= 0.6 is 0 Å². The van der Waals surface area contributed by atoms with Crippen LogP contribution in [0.5, 0.6) is 0 Å². The molecule has 2 amide bonds. The summed E-state index contributed by atoms with van der Waals surface area (Å²) in [6, 6.07) is 17.8. The Balaban J connectivity index is 1.59. The number of para-hydroxylation sites is 2. The van der Waals surface area contributed by atoms with Crippen molar-refractivity contribution < 1.29 is 22.7 Å². The van der Waals surface area contributed by atoms with E-state index >= 15 is 0 Å². The van der Waals surface area contributed by atoms with Crippen molar-refractivity contribution in [3.8, 4) is 0 Å². The van der Waals surface area contributed by atoms with Crippen molar-refractivity contribution in [3.63, 3.8) is 0 Å². The number of carbonyl (C=O) groups is 2. The summed E-state index contributed by atoms with van der Waals surface area (Å²) in [6.07, 6.45) is 2.97. The number of hydrazine groups is 1. The molecule has 2 heterocycles. The average Bonchev–Trinajstić information content (AvgIpc) is 3.17. The summed E-state index contributed by atoms with van der Waals surface area (Å²) in [5, 5.41) is 8.83. The summed E-state index contributed by atoms with van der Waals surface area (Å²) in [4.78, 5) is 26.7. The Morgan fingerprint density at radius 3 is 2.00 bits per heavy atom. The zero-order valence-corrected chi connectivity index (χ0v) is 20.4. The molecule has 0 unspecified atom stereocenters. The fourth-order valence-electron chi connectivity index (χ4n) is 5.08. The molecule has 1 aliphatic carbocycles. The second-order valence-electron chi connectivity index (χ2n) is 8.90. The van der Waals surface area contributed by atoms with Gasteiger partial charge in [-0.15, -0.1) is 14.9 Å². The molecule has 1 spiro atoms. The van der Waals surface area contributed by atoms with Crippen LogP contribution in [0.25, 0.3) is 0 Å². The fourth-order valence-corrected chi connectivity index (χ4v) is 7.17. The summed E-state index contributed by atoms with van der Waals surface area (Å²) in [5.74, 6) is -1.16. The third kappa shape index (κ3) is 3.43. The normalized spacial score (nSPS) is 23.8. The molecule has 0 aromatic heterocycles. The Morgan fingerprint density at radius 2 is 1.40 bits per heavy atom. The summed E-state index contributed by atoms with van der Waals surface area (Å²) < 4.78 is 29.2. The summed E-state index contributed by atoms with van der Waals surface area (Å²) in [6.45, 7) is 1.70. The van der Waals surface area contributed by atoms with E-state index in [-0.39, 0.29) is 5.71 Å². The van der Waals surface area contributed by atoms with Crippen molar-refractivity contribution in [2.45, 2.75) is 43.9 Å². The number of amides is 2. The van der Waals surface area contributed by atoms with Crippen molar-refractivity contribution in [3.05, 3.63) is 60.7 Å². The highest BCUT2D eigenvalue weighted by Gasteiger charge is 2.62. The highest BCUT2D eigenvalue weighted by atomic mass is 32.2. The number of nitrogens with zero attached hydrogens (tertiary/aromatic N) is 5. The number of sulfone groups is 1. The van der Waals surface area contributed by atoms with Crippen LogP contribution in [0.1, 0.15) is 39.0 Å². The molecule has 2 fully saturated rings. The van der Waals surface area contributed by atoms with Crippen LogP contribution in [0.4, 0.5) is 11.4 Å². The molecule has 3 aliphatic rings. The molecule has 180 valence electrons. The third-order valence-corrected chi connectivity index (χ3v) is 9.32. The van der Waals surface area contributed by atoms with Gasteiger partial charge in [-0.3, -0.25) is 14.5 Å². The van der Waals surface area contributed by atoms with Crippen LogP contribution in [0.15, 0.2) is 70.9 Å². The van der Waals surface area contributed by atoms with E-state index < -0.39 is 31.6 Å². The Morgan fingerprint density at radius 1 is 0.829 bits per heavy atom. The van der Waals surface area contributed by atoms with E-state index in [0.717, 1.165) is 6.42 Å². The van der Waals surface area contributed by atoms with E-state index in [4.69, 9.17) is 0 Å². The van der Waals surface area contributed by atoms with E-state index in [2.05, 4.69) is 10.2 Å². The average molecular weight is 493 g/mol. The lowest BCUT2D eigenvalue weighted by atomic mass is 9.93. The van der Waals surface area contributed by atoms with Gasteiger partial charge in [0.05, 0.1) is 0 Å². The Kier molecular flexibility index (Phi) is 5.63. The minimum absolute atomic E-state index is 0.0114. The summed E-state index contributed by atoms with van der Waals surface area (Å²) in [5.41, 5.74) is 1.63. The van der Waals surface area contributed by atoms with Crippen LogP contribution in [-0.2, 0) is 19.4 Å². The monoisotopic (exact) mass is 492 g/mol. The van der Waals surface area contributed by atoms with E-state index in [9.17, 15) is 18.0 Å². The summed E-state index contributed by atoms with van der Waals surface area (Å²) >= 11 is 0. The minimum Gasteiger partial charge on any atom is -0.286 e. The molecule has 9 nitrogen and oxygen atoms in total. The fraction of sp³-hybridized carbons (Fsp3) is 0.320. The predicted molar refractivity (Wildman–Crippen MR) is 134 cm³/mol. The summed E-state index contributed by atoms with van der Waals surface area (Å²) in [7, 11) is -2.42. The topological polar surface area (TPSA) is 102 Å². The Bertz CT molecular complexity index is 1390. The van der Waals surface area contributed by atoms with Gasteiger partial charge in [0.1, 0.15) is 5.69 Å². The van der Waals surface area contributed by atoms with Crippen molar-refractivity contribution in [2.24, 2.45) is 10.2 Å². The third-order valence-electron chi connectivity index (χ3n) is 6.96. The van der Waals surface area contributed by atoms with Crippen molar-refractivity contribution in [1.29, 1.82) is 0 Å². The number of benzene rings is 2. The standard InChI is InChI=1S/C25H26N5O4S/c1-18-21(23(31)30(28(18)2)20-14-8-4-9-15-20)26-27-22-24(32)29(19-12-6-3-7-13-19)25(35(22,33)34)16-10-5-11-17-25/h3-4,6-9,12-15H,5,10-11,16-17H2,1-2H3/q+1. The molecule has 5 rings (SSSR count). The molecule has 2 aromatic rings. The van der Waals surface area contributed by atoms with Gasteiger partial charge in [0.15, 0.2) is 11.9 Å². The molecule has 0 bridgehead atoms. The molecule has 0 N–H and O–H groups in total. The van der Waals surface area contributed by atoms with Crippen molar-refractivity contribution in [1.82, 2.24) is 0 Å². The molecule has 2 aliphatic heterocycles. The van der Waals surface area contributed by atoms with E-state index in [1.807, 2.05) is 24.3 Å². The van der Waals surface area contributed by atoms with Gasteiger partial charge >= 0.3 is 5.91 Å². The Labute approximate surface area is 204 Å². The first-order valence-corrected chi connectivity index (χ1v) is 13.0. The molecule has 35 heavy (non-hydrogen) atoms. The maximum atomic E-state index is 13.8. The first-order valence-electron chi connectivity index (χ1n) is 11.6. The van der Waals surface area contributed by atoms with Gasteiger partial charge in [-0.1, -0.05) is 60.7 Å².